The van der Waals surface area contributed by atoms with Gasteiger partial charge in [0.2, 0.25) is 20.0 Å². The van der Waals surface area contributed by atoms with Crippen molar-refractivity contribution in [3.63, 3.8) is 0 Å². The first kappa shape index (κ1) is 24.3. The van der Waals surface area contributed by atoms with E-state index in [1.54, 1.807) is 18.7 Å². The summed E-state index contributed by atoms with van der Waals surface area (Å²) in [7, 11) is -7.45. The molecule has 1 amide bonds. The second-order valence-corrected chi connectivity index (χ2v) is 11.5. The Balaban J connectivity index is 1.70. The smallest absolute Gasteiger partial charge is 0.253 e. The molecule has 0 unspecified atom stereocenters. The highest BCUT2D eigenvalue weighted by atomic mass is 32.2. The van der Waals surface area contributed by atoms with Crippen LogP contribution in [0.15, 0.2) is 58.3 Å². The molecule has 0 aliphatic carbocycles. The normalized spacial score (nSPS) is 16.2. The maximum atomic E-state index is 13.1. The van der Waals surface area contributed by atoms with Crippen LogP contribution in [-0.4, -0.2) is 64.2 Å². The number of nitrogens with zero attached hydrogens (tertiary/aromatic N) is 2. The minimum absolute atomic E-state index is 0.00508. The van der Waals surface area contributed by atoms with Crippen LogP contribution in [0.4, 0.5) is 4.39 Å². The van der Waals surface area contributed by atoms with Gasteiger partial charge >= 0.3 is 0 Å². The van der Waals surface area contributed by atoms with Crippen LogP contribution in [0.25, 0.3) is 0 Å². The van der Waals surface area contributed by atoms with Gasteiger partial charge in [-0.2, -0.15) is 4.31 Å². The third kappa shape index (κ3) is 5.52. The van der Waals surface area contributed by atoms with Gasteiger partial charge in [0.25, 0.3) is 5.91 Å². The molecule has 32 heavy (non-hydrogen) atoms. The van der Waals surface area contributed by atoms with Gasteiger partial charge < -0.3 is 4.90 Å². The molecule has 8 nitrogen and oxygen atoms in total. The Bertz CT molecular complexity index is 1160. The summed E-state index contributed by atoms with van der Waals surface area (Å²) >= 11 is 0. The van der Waals surface area contributed by atoms with E-state index in [0.717, 1.165) is 12.1 Å². The number of amides is 1. The Morgan fingerprint density at radius 1 is 0.875 bits per heavy atom. The van der Waals surface area contributed by atoms with Crippen molar-refractivity contribution in [2.45, 2.75) is 36.1 Å². The molecule has 1 heterocycles. The fourth-order valence-electron chi connectivity index (χ4n) is 3.43. The van der Waals surface area contributed by atoms with E-state index >= 15 is 0 Å². The molecule has 0 spiro atoms. The summed E-state index contributed by atoms with van der Waals surface area (Å²) in [6, 6.07) is 10.0. The van der Waals surface area contributed by atoms with Gasteiger partial charge in [0.1, 0.15) is 5.82 Å². The van der Waals surface area contributed by atoms with Crippen LogP contribution in [0.1, 0.15) is 30.6 Å². The van der Waals surface area contributed by atoms with E-state index in [4.69, 9.17) is 0 Å². The van der Waals surface area contributed by atoms with Crippen LogP contribution in [0, 0.1) is 5.82 Å². The number of sulfonamides is 2. The van der Waals surface area contributed by atoms with Crippen LogP contribution >= 0.6 is 0 Å². The second kappa shape index (κ2) is 9.65. The second-order valence-electron chi connectivity index (χ2n) is 7.80. The molecular formula is C21H26FN3O5S2. The summed E-state index contributed by atoms with van der Waals surface area (Å²) in [6.07, 6.45) is 0.441. The molecule has 0 bridgehead atoms. The molecular weight excluding hydrogens is 457 g/mol. The average Bonchev–Trinajstić information content (AvgIpc) is 3.00. The van der Waals surface area contributed by atoms with Gasteiger partial charge in [0.15, 0.2) is 0 Å². The molecule has 1 aliphatic rings. The predicted octanol–water partition coefficient (Wildman–Crippen LogP) is 2.05. The minimum atomic E-state index is -3.79. The fourth-order valence-corrected chi connectivity index (χ4v) is 6.15. The number of rotatable bonds is 6. The average molecular weight is 484 g/mol. The molecule has 1 aliphatic heterocycles. The van der Waals surface area contributed by atoms with Crippen molar-refractivity contribution < 1.29 is 26.0 Å². The Morgan fingerprint density at radius 2 is 1.47 bits per heavy atom. The van der Waals surface area contributed by atoms with E-state index < -0.39 is 25.9 Å². The Kier molecular flexibility index (Phi) is 7.33. The maximum Gasteiger partial charge on any atom is 0.253 e. The lowest BCUT2D eigenvalue weighted by atomic mass is 10.2. The van der Waals surface area contributed by atoms with Crippen molar-refractivity contribution in [1.82, 2.24) is 13.9 Å². The highest BCUT2D eigenvalue weighted by Gasteiger charge is 2.28. The van der Waals surface area contributed by atoms with Gasteiger partial charge in [0.05, 0.1) is 9.79 Å². The number of benzene rings is 2. The number of hydrogen-bond donors (Lipinski definition) is 1. The van der Waals surface area contributed by atoms with Crippen LogP contribution in [-0.2, 0) is 20.0 Å². The molecule has 1 fully saturated rings. The Labute approximate surface area is 188 Å². The highest BCUT2D eigenvalue weighted by Crippen LogP contribution is 2.19. The molecule has 0 atom stereocenters. The summed E-state index contributed by atoms with van der Waals surface area (Å²) in [5.74, 6) is -0.817. The van der Waals surface area contributed by atoms with Gasteiger partial charge in [-0.25, -0.2) is 25.9 Å². The van der Waals surface area contributed by atoms with Crippen LogP contribution in [0.5, 0.6) is 0 Å². The highest BCUT2D eigenvalue weighted by molar-refractivity contribution is 7.89. The molecule has 1 saturated heterocycles. The Hall–Kier alpha value is -2.34. The van der Waals surface area contributed by atoms with E-state index in [9.17, 15) is 26.0 Å². The summed E-state index contributed by atoms with van der Waals surface area (Å²) in [6.45, 7) is 4.33. The topological polar surface area (TPSA) is 104 Å². The fraction of sp³-hybridized carbons (Fsp3) is 0.381. The lowest BCUT2D eigenvalue weighted by Crippen LogP contribution is -2.37. The van der Waals surface area contributed by atoms with Gasteiger partial charge in [-0.05, 0) is 68.8 Å². The van der Waals surface area contributed by atoms with Crippen LogP contribution in [0.2, 0.25) is 0 Å². The summed E-state index contributed by atoms with van der Waals surface area (Å²) in [5, 5.41) is 0. The first-order chi connectivity index (χ1) is 15.0. The summed E-state index contributed by atoms with van der Waals surface area (Å²) in [5.41, 5.74) is 0.323. The number of carbonyl (C=O) groups excluding carboxylic acids is 1. The molecule has 0 radical (unpaired) electrons. The zero-order valence-corrected chi connectivity index (χ0v) is 19.5. The monoisotopic (exact) mass is 483 g/mol. The molecule has 11 heteroatoms. The van der Waals surface area contributed by atoms with Gasteiger partial charge in [-0.3, -0.25) is 4.79 Å². The zero-order chi connectivity index (χ0) is 23.5. The van der Waals surface area contributed by atoms with Crippen LogP contribution < -0.4 is 4.72 Å². The number of carbonyl (C=O) groups is 1. The SMILES string of the molecule is CC(C)NS(=O)(=O)c1ccc(C(=O)N2CCCN(S(=O)(=O)c3ccc(F)cc3)CC2)cc1. The van der Waals surface area contributed by atoms with Crippen molar-refractivity contribution in [3.05, 3.63) is 59.9 Å². The first-order valence-corrected chi connectivity index (χ1v) is 13.1. The predicted molar refractivity (Wildman–Crippen MR) is 118 cm³/mol. The molecule has 174 valence electrons. The van der Waals surface area contributed by atoms with Crippen molar-refractivity contribution in [3.8, 4) is 0 Å². The van der Waals surface area contributed by atoms with E-state index in [1.165, 1.54) is 40.7 Å². The number of halogens is 1. The van der Waals surface area contributed by atoms with E-state index in [1.807, 2.05) is 0 Å². The zero-order valence-electron chi connectivity index (χ0n) is 17.9. The molecule has 2 aromatic rings. The van der Waals surface area contributed by atoms with Crippen molar-refractivity contribution in [2.24, 2.45) is 0 Å². The standard InChI is InChI=1S/C21H26FN3O5S2/c1-16(2)23-31(27,28)19-8-4-17(5-9-19)21(26)24-12-3-13-25(15-14-24)32(29,30)20-10-6-18(22)7-11-20/h4-11,16,23H,3,12-15H2,1-2H3. The maximum absolute atomic E-state index is 13.1. The van der Waals surface area contributed by atoms with Crippen molar-refractivity contribution in [2.75, 3.05) is 26.2 Å². The molecule has 2 aromatic carbocycles. The first-order valence-electron chi connectivity index (χ1n) is 10.2. The quantitative estimate of drug-likeness (QED) is 0.677. The van der Waals surface area contributed by atoms with E-state index in [0.29, 0.717) is 18.5 Å². The minimum Gasteiger partial charge on any atom is -0.337 e. The van der Waals surface area contributed by atoms with Crippen molar-refractivity contribution in [1.29, 1.82) is 0 Å². The molecule has 3 rings (SSSR count). The van der Waals surface area contributed by atoms with Gasteiger partial charge in [-0.15, -0.1) is 0 Å². The summed E-state index contributed by atoms with van der Waals surface area (Å²) in [4.78, 5) is 14.5. The summed E-state index contributed by atoms with van der Waals surface area (Å²) < 4.78 is 67.1. The third-order valence-electron chi connectivity index (χ3n) is 5.00. The van der Waals surface area contributed by atoms with Crippen LogP contribution in [0.3, 0.4) is 0 Å². The molecule has 0 aromatic heterocycles. The lowest BCUT2D eigenvalue weighted by molar-refractivity contribution is 0.0764. The van der Waals surface area contributed by atoms with Gasteiger partial charge in [-0.1, -0.05) is 0 Å². The molecule has 0 saturated carbocycles. The van der Waals surface area contributed by atoms with Gasteiger partial charge in [0, 0.05) is 37.8 Å². The third-order valence-corrected chi connectivity index (χ3v) is 8.58. The number of hydrogen-bond acceptors (Lipinski definition) is 5. The largest absolute Gasteiger partial charge is 0.337 e. The van der Waals surface area contributed by atoms with Crippen molar-refractivity contribution >= 4 is 26.0 Å². The lowest BCUT2D eigenvalue weighted by Gasteiger charge is -2.22. The van der Waals surface area contributed by atoms with E-state index in [2.05, 4.69) is 4.72 Å². The molecule has 1 N–H and O–H groups in total. The van der Waals surface area contributed by atoms with E-state index in [-0.39, 0.29) is 41.4 Å². The Morgan fingerprint density at radius 3 is 2.06 bits per heavy atom. The number of nitrogens with one attached hydrogen (secondary N) is 1.